The molecule has 2 aromatic heterocycles. The van der Waals surface area contributed by atoms with Crippen LogP contribution < -0.4 is 15.5 Å². The Balaban J connectivity index is 1.28. The van der Waals surface area contributed by atoms with Crippen molar-refractivity contribution in [3.8, 4) is 11.4 Å². The number of hydrogen-bond acceptors (Lipinski definition) is 7. The van der Waals surface area contributed by atoms with E-state index in [9.17, 15) is 15.0 Å². The zero-order valence-electron chi connectivity index (χ0n) is 20.5. The van der Waals surface area contributed by atoms with Crippen molar-refractivity contribution in [1.29, 1.82) is 0 Å². The molecule has 1 aliphatic rings. The largest absolute Gasteiger partial charge is 0.508 e. The Hall–Kier alpha value is -3.82. The summed E-state index contributed by atoms with van der Waals surface area (Å²) in [6, 6.07) is 17.5. The molecule has 2 unspecified atom stereocenters. The number of rotatable bonds is 7. The summed E-state index contributed by atoms with van der Waals surface area (Å²) in [7, 11) is 0. The van der Waals surface area contributed by atoms with Crippen LogP contribution in [0.5, 0.6) is 5.75 Å². The second kappa shape index (κ2) is 10.7. The highest BCUT2D eigenvalue weighted by atomic mass is 35.5. The van der Waals surface area contributed by atoms with Crippen molar-refractivity contribution < 1.29 is 10.2 Å². The van der Waals surface area contributed by atoms with Gasteiger partial charge in [0.25, 0.3) is 0 Å². The molecule has 0 saturated carbocycles. The Morgan fingerprint density at radius 3 is 2.35 bits per heavy atom. The molecular weight excluding hydrogens is 492 g/mol. The quantitative estimate of drug-likeness (QED) is 0.382. The lowest BCUT2D eigenvalue weighted by molar-refractivity contribution is 0.101. The summed E-state index contributed by atoms with van der Waals surface area (Å²) in [6.45, 7) is 5.12. The number of aliphatic hydroxyl groups excluding tert-OH is 1. The first-order valence-corrected chi connectivity index (χ1v) is 12.7. The van der Waals surface area contributed by atoms with Gasteiger partial charge in [-0.25, -0.2) is 19.0 Å². The average molecular weight is 521 g/mol. The van der Waals surface area contributed by atoms with E-state index in [1.165, 1.54) is 15.6 Å². The molecule has 2 N–H and O–H groups in total. The molecule has 2 atom stereocenters. The maximum absolute atomic E-state index is 13.2. The average Bonchev–Trinajstić information content (AvgIpc) is 3.30. The first-order chi connectivity index (χ1) is 17.9. The smallest absolute Gasteiger partial charge is 0.350 e. The maximum Gasteiger partial charge on any atom is 0.350 e. The third-order valence-corrected chi connectivity index (χ3v) is 7.06. The normalized spacial score (nSPS) is 15.5. The van der Waals surface area contributed by atoms with E-state index in [0.29, 0.717) is 22.7 Å². The molecule has 4 aromatic rings. The lowest BCUT2D eigenvalue weighted by atomic mass is 10.0. The Morgan fingerprint density at radius 1 is 0.973 bits per heavy atom. The van der Waals surface area contributed by atoms with E-state index in [0.717, 1.165) is 37.7 Å². The minimum atomic E-state index is -0.901. The molecule has 10 heteroatoms. The number of halogens is 1. The molecule has 37 heavy (non-hydrogen) atoms. The van der Waals surface area contributed by atoms with Gasteiger partial charge in [-0.05, 0) is 48.4 Å². The van der Waals surface area contributed by atoms with Gasteiger partial charge in [0, 0.05) is 43.0 Å². The number of aliphatic hydroxyl groups is 1. The zero-order chi connectivity index (χ0) is 25.9. The minimum absolute atomic E-state index is 0.264. The third kappa shape index (κ3) is 5.19. The molecule has 3 heterocycles. The van der Waals surface area contributed by atoms with Crippen LogP contribution in [0.1, 0.15) is 31.1 Å². The molecule has 0 spiro atoms. The second-order valence-electron chi connectivity index (χ2n) is 9.07. The zero-order valence-corrected chi connectivity index (χ0v) is 21.2. The van der Waals surface area contributed by atoms with E-state index < -0.39 is 12.1 Å². The Labute approximate surface area is 219 Å². The molecule has 9 nitrogen and oxygen atoms in total. The Kier molecular flexibility index (Phi) is 7.16. The number of phenolic OH excluding ortho intramolecular Hbond substituents is 1. The fourth-order valence-electron chi connectivity index (χ4n) is 4.72. The molecule has 1 fully saturated rings. The number of pyridine rings is 1. The third-order valence-electron chi connectivity index (χ3n) is 6.81. The maximum atomic E-state index is 13.2. The fraction of sp³-hybridized carbons (Fsp3) is 0.296. The van der Waals surface area contributed by atoms with Crippen molar-refractivity contribution in [2.24, 2.45) is 0 Å². The van der Waals surface area contributed by atoms with Crippen molar-refractivity contribution in [2.75, 3.05) is 36.0 Å². The first kappa shape index (κ1) is 24.9. The van der Waals surface area contributed by atoms with Crippen LogP contribution in [0.25, 0.3) is 5.69 Å². The van der Waals surface area contributed by atoms with Crippen molar-refractivity contribution in [2.45, 2.75) is 25.5 Å². The SMILES string of the molecule is CCC(C(O)c1ccc(Cl)cc1)n1ncn(-c2ccc(N3CCN(c4cccc(O)c4)CC3)nc2)c1=O. The van der Waals surface area contributed by atoms with Crippen LogP contribution in [-0.4, -0.2) is 55.7 Å². The van der Waals surface area contributed by atoms with E-state index in [2.05, 4.69) is 19.9 Å². The van der Waals surface area contributed by atoms with Gasteiger partial charge in [-0.3, -0.25) is 0 Å². The van der Waals surface area contributed by atoms with Gasteiger partial charge in [0.2, 0.25) is 0 Å². The number of aromatic nitrogens is 4. The van der Waals surface area contributed by atoms with Crippen LogP contribution in [0.3, 0.4) is 0 Å². The predicted molar refractivity (Wildman–Crippen MR) is 144 cm³/mol. The molecule has 1 aliphatic heterocycles. The standard InChI is InChI=1S/C27H29ClN6O3/c1-2-24(26(36)19-6-8-20(28)9-7-19)34-27(37)33(18-30-34)22-10-11-25(29-17-22)32-14-12-31(13-15-32)21-4-3-5-23(35)16-21/h3-11,16-18,24,26,35-36H,2,12-15H2,1H3. The molecule has 0 bridgehead atoms. The van der Waals surface area contributed by atoms with Crippen LogP contribution in [-0.2, 0) is 0 Å². The minimum Gasteiger partial charge on any atom is -0.508 e. The van der Waals surface area contributed by atoms with E-state index in [4.69, 9.17) is 11.6 Å². The van der Waals surface area contributed by atoms with Crippen LogP contribution in [0, 0.1) is 0 Å². The number of aromatic hydroxyl groups is 1. The number of hydrogen-bond donors (Lipinski definition) is 2. The van der Waals surface area contributed by atoms with Crippen molar-refractivity contribution in [3.63, 3.8) is 0 Å². The number of piperazine rings is 1. The summed E-state index contributed by atoms with van der Waals surface area (Å²) in [6.07, 6.45) is 2.75. The van der Waals surface area contributed by atoms with Crippen LogP contribution in [0.2, 0.25) is 5.02 Å². The van der Waals surface area contributed by atoms with Crippen LogP contribution in [0.4, 0.5) is 11.5 Å². The molecule has 192 valence electrons. The summed E-state index contributed by atoms with van der Waals surface area (Å²) in [5, 5.41) is 25.6. The summed E-state index contributed by atoms with van der Waals surface area (Å²) >= 11 is 5.97. The van der Waals surface area contributed by atoms with Gasteiger partial charge in [-0.1, -0.05) is 36.7 Å². The molecule has 5 rings (SSSR count). The summed E-state index contributed by atoms with van der Waals surface area (Å²) in [4.78, 5) is 22.3. The van der Waals surface area contributed by atoms with Gasteiger partial charge in [0.1, 0.15) is 24.0 Å². The van der Waals surface area contributed by atoms with E-state index >= 15 is 0 Å². The highest BCUT2D eigenvalue weighted by molar-refractivity contribution is 6.30. The monoisotopic (exact) mass is 520 g/mol. The Bertz CT molecular complexity index is 1390. The van der Waals surface area contributed by atoms with Crippen molar-refractivity contribution in [1.82, 2.24) is 19.3 Å². The van der Waals surface area contributed by atoms with Crippen molar-refractivity contribution >= 4 is 23.1 Å². The van der Waals surface area contributed by atoms with E-state index in [-0.39, 0.29) is 11.4 Å². The summed E-state index contributed by atoms with van der Waals surface area (Å²) in [5.74, 6) is 1.10. The van der Waals surface area contributed by atoms with Crippen LogP contribution >= 0.6 is 11.6 Å². The topological polar surface area (TPSA) is 99.7 Å². The molecule has 0 aliphatic carbocycles. The van der Waals surface area contributed by atoms with Gasteiger partial charge >= 0.3 is 5.69 Å². The van der Waals surface area contributed by atoms with Gasteiger partial charge in [0.05, 0.1) is 17.9 Å². The van der Waals surface area contributed by atoms with Crippen molar-refractivity contribution in [3.05, 3.63) is 94.3 Å². The van der Waals surface area contributed by atoms with Gasteiger partial charge in [-0.15, -0.1) is 0 Å². The molecular formula is C27H29ClN6O3. The number of anilines is 2. The molecule has 0 radical (unpaired) electrons. The lowest BCUT2D eigenvalue weighted by Gasteiger charge is -2.36. The second-order valence-corrected chi connectivity index (χ2v) is 9.51. The van der Waals surface area contributed by atoms with E-state index in [1.54, 1.807) is 42.6 Å². The highest BCUT2D eigenvalue weighted by Gasteiger charge is 2.25. The van der Waals surface area contributed by atoms with Gasteiger partial charge in [-0.2, -0.15) is 5.10 Å². The lowest BCUT2D eigenvalue weighted by Crippen LogP contribution is -2.46. The number of benzene rings is 2. The van der Waals surface area contributed by atoms with Gasteiger partial charge < -0.3 is 20.0 Å². The number of nitrogens with zero attached hydrogens (tertiary/aromatic N) is 6. The fourth-order valence-corrected chi connectivity index (χ4v) is 4.85. The van der Waals surface area contributed by atoms with Crippen LogP contribution in [0.15, 0.2) is 78.0 Å². The summed E-state index contributed by atoms with van der Waals surface area (Å²) in [5.41, 5.74) is 1.95. The molecule has 0 amide bonds. The predicted octanol–water partition coefficient (Wildman–Crippen LogP) is 3.80. The Morgan fingerprint density at radius 2 is 1.70 bits per heavy atom. The summed E-state index contributed by atoms with van der Waals surface area (Å²) < 4.78 is 2.77. The molecule has 1 saturated heterocycles. The number of phenols is 1. The van der Waals surface area contributed by atoms with E-state index in [1.807, 2.05) is 31.2 Å². The van der Waals surface area contributed by atoms with Gasteiger partial charge in [0.15, 0.2) is 0 Å². The highest BCUT2D eigenvalue weighted by Crippen LogP contribution is 2.28. The first-order valence-electron chi connectivity index (χ1n) is 12.3. The molecule has 2 aromatic carbocycles.